The second kappa shape index (κ2) is 7.32. The zero-order valence-corrected chi connectivity index (χ0v) is 13.0. The molecule has 1 atom stereocenters. The van der Waals surface area contributed by atoms with Gasteiger partial charge >= 0.3 is 0 Å². The molecule has 1 rings (SSSR count). The molecular formula is C17H27NO. The molecule has 0 radical (unpaired) electrons. The van der Waals surface area contributed by atoms with Gasteiger partial charge in [-0.05, 0) is 44.7 Å². The van der Waals surface area contributed by atoms with Crippen molar-refractivity contribution in [2.75, 3.05) is 5.32 Å². The first-order valence-electron chi connectivity index (χ1n) is 7.38. The standard InChI is InChI=1S/C17H27NO/c1-6-8-9-15(7-2)17(19)18-16-13(4)10-12(3)11-14(16)5/h10-11,15H,6-9H2,1-5H3,(H,18,19). The average molecular weight is 261 g/mol. The Bertz CT molecular complexity index is 414. The molecule has 2 nitrogen and oxygen atoms in total. The zero-order chi connectivity index (χ0) is 14.4. The Hall–Kier alpha value is -1.31. The van der Waals surface area contributed by atoms with Crippen LogP contribution in [0.4, 0.5) is 5.69 Å². The minimum Gasteiger partial charge on any atom is -0.325 e. The SMILES string of the molecule is CCCCC(CC)C(=O)Nc1c(C)cc(C)cc1C. The Morgan fingerprint density at radius 2 is 1.74 bits per heavy atom. The second-order valence-corrected chi connectivity index (χ2v) is 5.51. The highest BCUT2D eigenvalue weighted by molar-refractivity contribution is 5.94. The van der Waals surface area contributed by atoms with Crippen molar-refractivity contribution < 1.29 is 4.79 Å². The van der Waals surface area contributed by atoms with E-state index in [-0.39, 0.29) is 11.8 Å². The fraction of sp³-hybridized carbons (Fsp3) is 0.588. The van der Waals surface area contributed by atoms with E-state index in [0.29, 0.717) is 0 Å². The van der Waals surface area contributed by atoms with Crippen LogP contribution in [0.5, 0.6) is 0 Å². The van der Waals surface area contributed by atoms with Gasteiger partial charge in [-0.3, -0.25) is 4.79 Å². The summed E-state index contributed by atoms with van der Waals surface area (Å²) in [7, 11) is 0. The molecule has 1 aromatic rings. The van der Waals surface area contributed by atoms with E-state index in [9.17, 15) is 4.79 Å². The van der Waals surface area contributed by atoms with Crippen molar-refractivity contribution in [2.24, 2.45) is 5.92 Å². The van der Waals surface area contributed by atoms with Crippen molar-refractivity contribution in [3.63, 3.8) is 0 Å². The van der Waals surface area contributed by atoms with Crippen LogP contribution in [-0.2, 0) is 4.79 Å². The summed E-state index contributed by atoms with van der Waals surface area (Å²) in [6.07, 6.45) is 4.17. The first-order chi connectivity index (χ1) is 8.99. The maximum Gasteiger partial charge on any atom is 0.227 e. The second-order valence-electron chi connectivity index (χ2n) is 5.51. The van der Waals surface area contributed by atoms with E-state index in [1.807, 2.05) is 0 Å². The van der Waals surface area contributed by atoms with Crippen LogP contribution in [0, 0.1) is 26.7 Å². The molecule has 1 aromatic carbocycles. The van der Waals surface area contributed by atoms with Gasteiger partial charge in [0.15, 0.2) is 0 Å². The monoisotopic (exact) mass is 261 g/mol. The number of hydrogen-bond donors (Lipinski definition) is 1. The molecule has 1 amide bonds. The van der Waals surface area contributed by atoms with Crippen molar-refractivity contribution in [3.8, 4) is 0 Å². The molecule has 2 heteroatoms. The first kappa shape index (κ1) is 15.7. The van der Waals surface area contributed by atoms with Crippen LogP contribution in [0.1, 0.15) is 56.2 Å². The van der Waals surface area contributed by atoms with Gasteiger partial charge < -0.3 is 5.32 Å². The molecule has 19 heavy (non-hydrogen) atoms. The van der Waals surface area contributed by atoms with Crippen LogP contribution >= 0.6 is 0 Å². The van der Waals surface area contributed by atoms with Crippen molar-refractivity contribution >= 4 is 11.6 Å². The van der Waals surface area contributed by atoms with Gasteiger partial charge in [-0.2, -0.15) is 0 Å². The lowest BCUT2D eigenvalue weighted by Gasteiger charge is -2.18. The highest BCUT2D eigenvalue weighted by Gasteiger charge is 2.17. The number of amides is 1. The summed E-state index contributed by atoms with van der Waals surface area (Å²) in [4.78, 5) is 12.3. The Kier molecular flexibility index (Phi) is 6.07. The maximum atomic E-state index is 12.3. The minimum atomic E-state index is 0.139. The normalized spacial score (nSPS) is 12.3. The average Bonchev–Trinajstić information content (AvgIpc) is 2.34. The number of hydrogen-bond acceptors (Lipinski definition) is 1. The molecule has 106 valence electrons. The molecule has 0 aliphatic carbocycles. The summed E-state index contributed by atoms with van der Waals surface area (Å²) in [5.74, 6) is 0.311. The Labute approximate surface area is 117 Å². The van der Waals surface area contributed by atoms with Gasteiger partial charge in [0, 0.05) is 11.6 Å². The number of carbonyl (C=O) groups is 1. The summed E-state index contributed by atoms with van der Waals surface area (Å²) in [6.45, 7) is 10.5. The highest BCUT2D eigenvalue weighted by Crippen LogP contribution is 2.24. The smallest absolute Gasteiger partial charge is 0.227 e. The van der Waals surface area contributed by atoms with Gasteiger partial charge in [0.05, 0.1) is 0 Å². The molecule has 0 bridgehead atoms. The Morgan fingerprint density at radius 1 is 1.16 bits per heavy atom. The lowest BCUT2D eigenvalue weighted by molar-refractivity contribution is -0.120. The van der Waals surface area contributed by atoms with E-state index >= 15 is 0 Å². The molecule has 0 saturated heterocycles. The lowest BCUT2D eigenvalue weighted by Crippen LogP contribution is -2.23. The van der Waals surface area contributed by atoms with E-state index in [4.69, 9.17) is 0 Å². The van der Waals surface area contributed by atoms with Crippen LogP contribution in [-0.4, -0.2) is 5.91 Å². The molecule has 1 unspecified atom stereocenters. The van der Waals surface area contributed by atoms with Crippen LogP contribution in [0.15, 0.2) is 12.1 Å². The Morgan fingerprint density at radius 3 is 2.21 bits per heavy atom. The molecule has 0 heterocycles. The predicted octanol–water partition coefficient (Wildman–Crippen LogP) is 4.77. The van der Waals surface area contributed by atoms with E-state index in [1.165, 1.54) is 5.56 Å². The number of anilines is 1. The summed E-state index contributed by atoms with van der Waals surface area (Å²) in [5, 5.41) is 3.13. The van der Waals surface area contributed by atoms with Crippen molar-refractivity contribution in [1.82, 2.24) is 0 Å². The first-order valence-corrected chi connectivity index (χ1v) is 7.38. The van der Waals surface area contributed by atoms with Gasteiger partial charge in [0.1, 0.15) is 0 Å². The fourth-order valence-corrected chi connectivity index (χ4v) is 2.57. The topological polar surface area (TPSA) is 29.1 Å². The zero-order valence-electron chi connectivity index (χ0n) is 13.0. The number of aryl methyl sites for hydroxylation is 3. The van der Waals surface area contributed by atoms with E-state index in [2.05, 4.69) is 52.1 Å². The summed E-state index contributed by atoms with van der Waals surface area (Å²) in [5.41, 5.74) is 4.53. The van der Waals surface area contributed by atoms with Gasteiger partial charge in [-0.1, -0.05) is 44.4 Å². The van der Waals surface area contributed by atoms with Gasteiger partial charge in [-0.15, -0.1) is 0 Å². The molecule has 1 N–H and O–H groups in total. The molecule has 0 aliphatic heterocycles. The van der Waals surface area contributed by atoms with Crippen molar-refractivity contribution in [1.29, 1.82) is 0 Å². The Balaban J connectivity index is 2.81. The van der Waals surface area contributed by atoms with Gasteiger partial charge in [0.2, 0.25) is 5.91 Å². The van der Waals surface area contributed by atoms with Crippen molar-refractivity contribution in [3.05, 3.63) is 28.8 Å². The number of rotatable bonds is 6. The molecule has 0 fully saturated rings. The summed E-state index contributed by atoms with van der Waals surface area (Å²) < 4.78 is 0. The van der Waals surface area contributed by atoms with Gasteiger partial charge in [0.25, 0.3) is 0 Å². The maximum absolute atomic E-state index is 12.3. The molecule has 0 aromatic heterocycles. The van der Waals surface area contributed by atoms with E-state index < -0.39 is 0 Å². The van der Waals surface area contributed by atoms with E-state index in [1.54, 1.807) is 0 Å². The minimum absolute atomic E-state index is 0.139. The van der Waals surface area contributed by atoms with Gasteiger partial charge in [-0.25, -0.2) is 0 Å². The van der Waals surface area contributed by atoms with Crippen LogP contribution in [0.3, 0.4) is 0 Å². The molecule has 0 spiro atoms. The quantitative estimate of drug-likeness (QED) is 0.785. The summed E-state index contributed by atoms with van der Waals surface area (Å²) in [6, 6.07) is 4.24. The third-order valence-corrected chi connectivity index (χ3v) is 3.69. The predicted molar refractivity (Wildman–Crippen MR) is 82.6 cm³/mol. The molecular weight excluding hydrogens is 234 g/mol. The molecule has 0 aliphatic rings. The molecule has 0 saturated carbocycles. The van der Waals surface area contributed by atoms with Crippen LogP contribution < -0.4 is 5.32 Å². The number of nitrogens with one attached hydrogen (secondary N) is 1. The number of benzene rings is 1. The van der Waals surface area contributed by atoms with Crippen LogP contribution in [0.2, 0.25) is 0 Å². The fourth-order valence-electron chi connectivity index (χ4n) is 2.57. The van der Waals surface area contributed by atoms with E-state index in [0.717, 1.165) is 42.5 Å². The third kappa shape index (κ3) is 4.38. The van der Waals surface area contributed by atoms with Crippen molar-refractivity contribution in [2.45, 2.75) is 60.3 Å². The highest BCUT2D eigenvalue weighted by atomic mass is 16.1. The lowest BCUT2D eigenvalue weighted by atomic mass is 9.97. The third-order valence-electron chi connectivity index (χ3n) is 3.69. The number of carbonyl (C=O) groups excluding carboxylic acids is 1. The number of unbranched alkanes of at least 4 members (excludes halogenated alkanes) is 1. The largest absolute Gasteiger partial charge is 0.325 e. The van der Waals surface area contributed by atoms with Crippen LogP contribution in [0.25, 0.3) is 0 Å². The summed E-state index contributed by atoms with van der Waals surface area (Å²) >= 11 is 0.